The van der Waals surface area contributed by atoms with Gasteiger partial charge in [0.05, 0.1) is 11.3 Å². The number of nitrogens with zero attached hydrogens (tertiary/aromatic N) is 2. The van der Waals surface area contributed by atoms with E-state index in [0.29, 0.717) is 25.4 Å². The van der Waals surface area contributed by atoms with E-state index in [0.717, 1.165) is 5.69 Å². The molecular formula is C11H19N3O2. The van der Waals surface area contributed by atoms with E-state index in [-0.39, 0.29) is 0 Å². The standard InChI is InChI=1S/C11H19N3O2/c1-9-4-5-10(14-13-9)12-8-11(2,15)6-7-16-3/h4-5,15H,6-8H2,1-3H3,(H,12,14). The third-order valence-corrected chi connectivity index (χ3v) is 2.29. The number of nitrogens with one attached hydrogen (secondary N) is 1. The lowest BCUT2D eigenvalue weighted by Crippen LogP contribution is -2.34. The maximum atomic E-state index is 9.97. The number of aromatic nitrogens is 2. The number of aryl methyl sites for hydroxylation is 1. The summed E-state index contributed by atoms with van der Waals surface area (Å²) in [6.45, 7) is 4.61. The fraction of sp³-hybridized carbons (Fsp3) is 0.636. The molecule has 90 valence electrons. The number of rotatable bonds is 6. The van der Waals surface area contributed by atoms with Crippen LogP contribution in [0.1, 0.15) is 19.0 Å². The SMILES string of the molecule is COCCC(C)(O)CNc1ccc(C)nn1. The lowest BCUT2D eigenvalue weighted by Gasteiger charge is -2.23. The molecule has 0 radical (unpaired) electrons. The van der Waals surface area contributed by atoms with Crippen molar-refractivity contribution in [1.29, 1.82) is 0 Å². The van der Waals surface area contributed by atoms with Gasteiger partial charge in [-0.1, -0.05) is 0 Å². The molecule has 0 aliphatic carbocycles. The van der Waals surface area contributed by atoms with Crippen LogP contribution in [-0.2, 0) is 4.74 Å². The number of aliphatic hydroxyl groups is 1. The van der Waals surface area contributed by atoms with Crippen LogP contribution in [0.3, 0.4) is 0 Å². The molecule has 1 aromatic heterocycles. The summed E-state index contributed by atoms with van der Waals surface area (Å²) in [5.41, 5.74) is 0.0689. The number of methoxy groups -OCH3 is 1. The highest BCUT2D eigenvalue weighted by molar-refractivity contribution is 5.33. The fourth-order valence-corrected chi connectivity index (χ4v) is 1.18. The lowest BCUT2D eigenvalue weighted by molar-refractivity contribution is 0.0357. The first-order chi connectivity index (χ1) is 7.53. The van der Waals surface area contributed by atoms with Crippen LogP contribution in [0.15, 0.2) is 12.1 Å². The van der Waals surface area contributed by atoms with Crippen molar-refractivity contribution < 1.29 is 9.84 Å². The summed E-state index contributed by atoms with van der Waals surface area (Å²) in [7, 11) is 1.62. The zero-order valence-electron chi connectivity index (χ0n) is 10.0. The smallest absolute Gasteiger partial charge is 0.148 e. The normalized spacial score (nSPS) is 14.5. The molecule has 1 aromatic rings. The van der Waals surface area contributed by atoms with E-state index in [9.17, 15) is 5.11 Å². The number of hydrogen-bond acceptors (Lipinski definition) is 5. The van der Waals surface area contributed by atoms with E-state index >= 15 is 0 Å². The molecular weight excluding hydrogens is 206 g/mol. The van der Waals surface area contributed by atoms with E-state index in [2.05, 4.69) is 15.5 Å². The fourth-order valence-electron chi connectivity index (χ4n) is 1.18. The van der Waals surface area contributed by atoms with Crippen molar-refractivity contribution in [3.8, 4) is 0 Å². The minimum absolute atomic E-state index is 0.425. The number of anilines is 1. The van der Waals surface area contributed by atoms with E-state index < -0.39 is 5.60 Å². The van der Waals surface area contributed by atoms with Crippen LogP contribution in [0.4, 0.5) is 5.82 Å². The molecule has 0 aromatic carbocycles. The molecule has 0 fully saturated rings. The average molecular weight is 225 g/mol. The van der Waals surface area contributed by atoms with Gasteiger partial charge in [0.1, 0.15) is 5.82 Å². The zero-order chi connectivity index (χ0) is 12.0. The first-order valence-corrected chi connectivity index (χ1v) is 5.29. The van der Waals surface area contributed by atoms with Crippen LogP contribution < -0.4 is 5.32 Å². The Labute approximate surface area is 95.9 Å². The summed E-state index contributed by atoms with van der Waals surface area (Å²) in [6, 6.07) is 3.72. The molecule has 0 aliphatic heterocycles. The van der Waals surface area contributed by atoms with Crippen molar-refractivity contribution in [2.75, 3.05) is 25.6 Å². The second-order valence-corrected chi connectivity index (χ2v) is 4.15. The van der Waals surface area contributed by atoms with Crippen molar-refractivity contribution in [3.05, 3.63) is 17.8 Å². The highest BCUT2D eigenvalue weighted by Gasteiger charge is 2.19. The Morgan fingerprint density at radius 2 is 2.19 bits per heavy atom. The Bertz CT molecular complexity index is 312. The molecule has 16 heavy (non-hydrogen) atoms. The van der Waals surface area contributed by atoms with Gasteiger partial charge >= 0.3 is 0 Å². The number of ether oxygens (including phenoxy) is 1. The first kappa shape index (κ1) is 12.9. The molecule has 0 aliphatic rings. The van der Waals surface area contributed by atoms with Crippen molar-refractivity contribution in [2.24, 2.45) is 0 Å². The molecule has 0 amide bonds. The maximum Gasteiger partial charge on any atom is 0.148 e. The molecule has 0 bridgehead atoms. The Hall–Kier alpha value is -1.20. The van der Waals surface area contributed by atoms with E-state index in [1.54, 1.807) is 14.0 Å². The molecule has 5 heteroatoms. The summed E-state index contributed by atoms with van der Waals surface area (Å²) in [5.74, 6) is 0.670. The quantitative estimate of drug-likeness (QED) is 0.755. The molecule has 1 heterocycles. The Kier molecular flexibility index (Phi) is 4.64. The van der Waals surface area contributed by atoms with Gasteiger partial charge in [-0.05, 0) is 26.0 Å². The highest BCUT2D eigenvalue weighted by Crippen LogP contribution is 2.10. The molecule has 2 N–H and O–H groups in total. The number of hydrogen-bond donors (Lipinski definition) is 2. The third-order valence-electron chi connectivity index (χ3n) is 2.29. The topological polar surface area (TPSA) is 67.3 Å². The highest BCUT2D eigenvalue weighted by atomic mass is 16.5. The Morgan fingerprint density at radius 1 is 1.44 bits per heavy atom. The van der Waals surface area contributed by atoms with Crippen LogP contribution in [0, 0.1) is 6.92 Å². The van der Waals surface area contributed by atoms with Gasteiger partial charge in [-0.25, -0.2) is 0 Å². The van der Waals surface area contributed by atoms with Crippen molar-refractivity contribution in [2.45, 2.75) is 25.9 Å². The predicted octanol–water partition coefficient (Wildman–Crippen LogP) is 0.984. The maximum absolute atomic E-state index is 9.97. The summed E-state index contributed by atoms with van der Waals surface area (Å²) in [4.78, 5) is 0. The van der Waals surface area contributed by atoms with E-state index in [4.69, 9.17) is 4.74 Å². The van der Waals surface area contributed by atoms with Crippen LogP contribution in [0.25, 0.3) is 0 Å². The predicted molar refractivity (Wildman–Crippen MR) is 62.4 cm³/mol. The minimum Gasteiger partial charge on any atom is -0.388 e. The molecule has 1 rings (SSSR count). The van der Waals surface area contributed by atoms with Gasteiger partial charge in [-0.15, -0.1) is 5.10 Å². The van der Waals surface area contributed by atoms with E-state index in [1.165, 1.54) is 0 Å². The summed E-state index contributed by atoms with van der Waals surface area (Å²) < 4.78 is 4.93. The zero-order valence-corrected chi connectivity index (χ0v) is 10.0. The largest absolute Gasteiger partial charge is 0.388 e. The molecule has 0 saturated carbocycles. The molecule has 0 spiro atoms. The monoisotopic (exact) mass is 225 g/mol. The van der Waals surface area contributed by atoms with Gasteiger partial charge in [-0.3, -0.25) is 0 Å². The second kappa shape index (κ2) is 5.77. The van der Waals surface area contributed by atoms with Crippen molar-refractivity contribution in [1.82, 2.24) is 10.2 Å². The molecule has 1 unspecified atom stereocenters. The molecule has 1 atom stereocenters. The third kappa shape index (κ3) is 4.55. The van der Waals surface area contributed by atoms with Crippen LogP contribution in [-0.4, -0.2) is 41.2 Å². The van der Waals surface area contributed by atoms with Gasteiger partial charge in [0.25, 0.3) is 0 Å². The van der Waals surface area contributed by atoms with Gasteiger partial charge in [0.15, 0.2) is 0 Å². The van der Waals surface area contributed by atoms with E-state index in [1.807, 2.05) is 19.1 Å². The van der Waals surface area contributed by atoms with Crippen LogP contribution >= 0.6 is 0 Å². The Morgan fingerprint density at radius 3 is 2.75 bits per heavy atom. The average Bonchev–Trinajstić information content (AvgIpc) is 2.26. The van der Waals surface area contributed by atoms with Gasteiger partial charge in [-0.2, -0.15) is 5.10 Å². The van der Waals surface area contributed by atoms with Crippen LogP contribution in [0.5, 0.6) is 0 Å². The molecule has 5 nitrogen and oxygen atoms in total. The summed E-state index contributed by atoms with van der Waals surface area (Å²) in [6.07, 6.45) is 0.579. The van der Waals surface area contributed by atoms with Crippen molar-refractivity contribution in [3.63, 3.8) is 0 Å². The summed E-state index contributed by atoms with van der Waals surface area (Å²) in [5, 5.41) is 20.9. The van der Waals surface area contributed by atoms with Gasteiger partial charge in [0, 0.05) is 26.7 Å². The van der Waals surface area contributed by atoms with Crippen molar-refractivity contribution >= 4 is 5.82 Å². The minimum atomic E-state index is -0.803. The molecule has 0 saturated heterocycles. The second-order valence-electron chi connectivity index (χ2n) is 4.15. The van der Waals surface area contributed by atoms with Gasteiger partial charge < -0.3 is 15.2 Å². The van der Waals surface area contributed by atoms with Gasteiger partial charge in [0.2, 0.25) is 0 Å². The van der Waals surface area contributed by atoms with Crippen LogP contribution in [0.2, 0.25) is 0 Å². The lowest BCUT2D eigenvalue weighted by atomic mass is 10.0. The first-order valence-electron chi connectivity index (χ1n) is 5.29. The Balaban J connectivity index is 2.41. The summed E-state index contributed by atoms with van der Waals surface area (Å²) >= 11 is 0.